The molecule has 118 valence electrons. The Hall–Kier alpha value is -1.31. The van der Waals surface area contributed by atoms with Gasteiger partial charge in [-0.05, 0) is 19.8 Å². The SMILES string of the molecule is C[C@H](c1nc(C2CC2)no1)N1CCN(Cc2cscn2)CC1. The Labute approximate surface area is 134 Å². The van der Waals surface area contributed by atoms with E-state index in [1.54, 1.807) is 11.3 Å². The van der Waals surface area contributed by atoms with Gasteiger partial charge in [0, 0.05) is 44.0 Å². The molecule has 1 saturated heterocycles. The van der Waals surface area contributed by atoms with Crippen LogP contribution in [0.3, 0.4) is 0 Å². The highest BCUT2D eigenvalue weighted by Crippen LogP contribution is 2.38. The maximum atomic E-state index is 5.47. The Balaban J connectivity index is 1.32. The maximum Gasteiger partial charge on any atom is 0.243 e. The number of hydrogen-bond acceptors (Lipinski definition) is 7. The summed E-state index contributed by atoms with van der Waals surface area (Å²) in [6.45, 7) is 7.31. The van der Waals surface area contributed by atoms with Gasteiger partial charge in [0.25, 0.3) is 0 Å². The summed E-state index contributed by atoms with van der Waals surface area (Å²) < 4.78 is 5.47. The molecule has 2 aromatic heterocycles. The lowest BCUT2D eigenvalue weighted by Crippen LogP contribution is -2.46. The van der Waals surface area contributed by atoms with Crippen LogP contribution in [0, 0.1) is 0 Å². The molecule has 0 aromatic carbocycles. The van der Waals surface area contributed by atoms with Crippen LogP contribution in [0.15, 0.2) is 15.4 Å². The first-order valence-corrected chi connectivity index (χ1v) is 8.91. The number of nitrogens with zero attached hydrogens (tertiary/aromatic N) is 5. The molecule has 4 rings (SSSR count). The van der Waals surface area contributed by atoms with Crippen LogP contribution in [0.1, 0.15) is 49.1 Å². The van der Waals surface area contributed by atoms with E-state index in [1.165, 1.54) is 18.5 Å². The van der Waals surface area contributed by atoms with Crippen LogP contribution in [-0.2, 0) is 6.54 Å². The second-order valence-corrected chi connectivity index (χ2v) is 6.95. The Kier molecular flexibility index (Phi) is 3.94. The molecular formula is C15H21N5OS. The molecule has 1 aliphatic carbocycles. The van der Waals surface area contributed by atoms with Crippen molar-refractivity contribution in [3.63, 3.8) is 0 Å². The Morgan fingerprint density at radius 2 is 2.14 bits per heavy atom. The fourth-order valence-corrected chi connectivity index (χ4v) is 3.48. The summed E-state index contributed by atoms with van der Waals surface area (Å²) in [4.78, 5) is 13.8. The van der Waals surface area contributed by atoms with E-state index in [2.05, 4.69) is 37.2 Å². The molecule has 1 atom stereocenters. The Bertz CT molecular complexity index is 601. The van der Waals surface area contributed by atoms with E-state index in [-0.39, 0.29) is 6.04 Å². The lowest BCUT2D eigenvalue weighted by Gasteiger charge is -2.36. The van der Waals surface area contributed by atoms with Crippen LogP contribution in [0.4, 0.5) is 0 Å². The standard InChI is InChI=1S/C15H21N5OS/c1-11(15-17-14(18-21-15)12-2-3-12)20-6-4-19(5-7-20)8-13-9-22-10-16-13/h9-12H,2-8H2,1H3/t11-/m1/s1. The first-order chi connectivity index (χ1) is 10.8. The molecular weight excluding hydrogens is 298 g/mol. The number of hydrogen-bond donors (Lipinski definition) is 0. The zero-order valence-electron chi connectivity index (χ0n) is 12.8. The molecule has 0 unspecified atom stereocenters. The number of rotatable bonds is 5. The van der Waals surface area contributed by atoms with Gasteiger partial charge in [-0.2, -0.15) is 4.98 Å². The quantitative estimate of drug-likeness (QED) is 0.843. The van der Waals surface area contributed by atoms with Crippen LogP contribution in [0.5, 0.6) is 0 Å². The summed E-state index contributed by atoms with van der Waals surface area (Å²) >= 11 is 1.66. The summed E-state index contributed by atoms with van der Waals surface area (Å²) in [5, 5.41) is 6.26. The lowest BCUT2D eigenvalue weighted by atomic mass is 10.2. The van der Waals surface area contributed by atoms with Crippen molar-refractivity contribution in [3.05, 3.63) is 28.3 Å². The van der Waals surface area contributed by atoms with Crippen LogP contribution in [-0.4, -0.2) is 51.1 Å². The highest BCUT2D eigenvalue weighted by Gasteiger charge is 2.31. The van der Waals surface area contributed by atoms with Crippen molar-refractivity contribution in [3.8, 4) is 0 Å². The van der Waals surface area contributed by atoms with Gasteiger partial charge in [-0.1, -0.05) is 5.16 Å². The molecule has 0 radical (unpaired) electrons. The van der Waals surface area contributed by atoms with Crippen molar-refractivity contribution in [2.24, 2.45) is 0 Å². The van der Waals surface area contributed by atoms with Gasteiger partial charge in [0.1, 0.15) is 0 Å². The summed E-state index contributed by atoms with van der Waals surface area (Å²) in [6, 6.07) is 0.210. The topological polar surface area (TPSA) is 58.3 Å². The summed E-state index contributed by atoms with van der Waals surface area (Å²) in [7, 11) is 0. The van der Waals surface area contributed by atoms with Crippen molar-refractivity contribution >= 4 is 11.3 Å². The van der Waals surface area contributed by atoms with Crippen LogP contribution in [0.2, 0.25) is 0 Å². The molecule has 2 fully saturated rings. The van der Waals surface area contributed by atoms with Crippen molar-refractivity contribution in [2.75, 3.05) is 26.2 Å². The lowest BCUT2D eigenvalue weighted by molar-refractivity contribution is 0.0839. The molecule has 2 aliphatic rings. The zero-order chi connectivity index (χ0) is 14.9. The van der Waals surface area contributed by atoms with E-state index in [0.29, 0.717) is 5.92 Å². The summed E-state index contributed by atoms with van der Waals surface area (Å²) in [5.74, 6) is 2.23. The van der Waals surface area contributed by atoms with E-state index in [9.17, 15) is 0 Å². The number of thiazole rings is 1. The van der Waals surface area contributed by atoms with Gasteiger partial charge in [0.05, 0.1) is 17.2 Å². The highest BCUT2D eigenvalue weighted by atomic mass is 32.1. The van der Waals surface area contributed by atoms with Gasteiger partial charge in [-0.25, -0.2) is 4.98 Å². The van der Waals surface area contributed by atoms with Gasteiger partial charge in [0.2, 0.25) is 5.89 Å². The third kappa shape index (κ3) is 3.06. The number of piperazine rings is 1. The first-order valence-electron chi connectivity index (χ1n) is 7.96. The van der Waals surface area contributed by atoms with Crippen LogP contribution in [0.25, 0.3) is 0 Å². The second kappa shape index (κ2) is 6.06. The van der Waals surface area contributed by atoms with E-state index < -0.39 is 0 Å². The Morgan fingerprint density at radius 1 is 1.32 bits per heavy atom. The minimum Gasteiger partial charge on any atom is -0.338 e. The molecule has 0 N–H and O–H groups in total. The zero-order valence-corrected chi connectivity index (χ0v) is 13.6. The summed E-state index contributed by atoms with van der Waals surface area (Å²) in [6.07, 6.45) is 2.42. The largest absolute Gasteiger partial charge is 0.338 e. The van der Waals surface area contributed by atoms with E-state index in [4.69, 9.17) is 4.52 Å². The van der Waals surface area contributed by atoms with Gasteiger partial charge in [0.15, 0.2) is 5.82 Å². The van der Waals surface area contributed by atoms with Gasteiger partial charge in [-0.3, -0.25) is 9.80 Å². The molecule has 2 aromatic rings. The molecule has 1 aliphatic heterocycles. The smallest absolute Gasteiger partial charge is 0.243 e. The minimum atomic E-state index is 0.210. The van der Waals surface area contributed by atoms with Crippen molar-refractivity contribution in [2.45, 2.75) is 38.3 Å². The van der Waals surface area contributed by atoms with Gasteiger partial charge >= 0.3 is 0 Å². The minimum absolute atomic E-state index is 0.210. The van der Waals surface area contributed by atoms with Crippen molar-refractivity contribution in [1.82, 2.24) is 24.9 Å². The fraction of sp³-hybridized carbons (Fsp3) is 0.667. The summed E-state index contributed by atoms with van der Waals surface area (Å²) in [5.41, 5.74) is 3.08. The molecule has 22 heavy (non-hydrogen) atoms. The predicted molar refractivity (Wildman–Crippen MR) is 83.7 cm³/mol. The van der Waals surface area contributed by atoms with Crippen molar-refractivity contribution in [1.29, 1.82) is 0 Å². The van der Waals surface area contributed by atoms with E-state index in [1.807, 2.05) is 5.51 Å². The molecule has 0 bridgehead atoms. The molecule has 0 amide bonds. The molecule has 3 heterocycles. The third-order valence-electron chi connectivity index (χ3n) is 4.58. The van der Waals surface area contributed by atoms with E-state index >= 15 is 0 Å². The molecule has 1 saturated carbocycles. The normalized spacial score (nSPS) is 22.0. The monoisotopic (exact) mass is 319 g/mol. The number of aromatic nitrogens is 3. The average Bonchev–Trinajstić information content (AvgIpc) is 3.06. The maximum absolute atomic E-state index is 5.47. The second-order valence-electron chi connectivity index (χ2n) is 6.23. The van der Waals surface area contributed by atoms with Gasteiger partial charge in [-0.15, -0.1) is 11.3 Å². The molecule has 6 nitrogen and oxygen atoms in total. The van der Waals surface area contributed by atoms with Crippen LogP contribution < -0.4 is 0 Å². The third-order valence-corrected chi connectivity index (χ3v) is 5.22. The van der Waals surface area contributed by atoms with Crippen LogP contribution >= 0.6 is 11.3 Å². The fourth-order valence-electron chi connectivity index (χ4n) is 2.93. The van der Waals surface area contributed by atoms with Gasteiger partial charge < -0.3 is 4.52 Å². The highest BCUT2D eigenvalue weighted by molar-refractivity contribution is 7.07. The Morgan fingerprint density at radius 3 is 2.82 bits per heavy atom. The van der Waals surface area contributed by atoms with Crippen molar-refractivity contribution < 1.29 is 4.52 Å². The first kappa shape index (κ1) is 14.3. The molecule has 0 spiro atoms. The van der Waals surface area contributed by atoms with E-state index in [0.717, 1.165) is 44.4 Å². The molecule has 7 heteroatoms. The average molecular weight is 319 g/mol. The predicted octanol–water partition coefficient (Wildman–Crippen LogP) is 2.28.